The molecule has 0 aliphatic heterocycles. The highest BCUT2D eigenvalue weighted by atomic mass is 28.3. The molecule has 0 bridgehead atoms. The fraction of sp³-hybridized carbons (Fsp3) is 0.111. The zero-order valence-corrected chi connectivity index (χ0v) is 15.8. The Hall–Kier alpha value is -3.86. The summed E-state index contributed by atoms with van der Waals surface area (Å²) < 4.78 is 17.4. The molecule has 0 amide bonds. The molecule has 11 heteroatoms. The molecule has 29 heavy (non-hydrogen) atoms. The first-order valence-electron chi connectivity index (χ1n) is 7.87. The van der Waals surface area contributed by atoms with E-state index in [2.05, 4.69) is 0 Å². The van der Waals surface area contributed by atoms with E-state index in [1.165, 1.54) is 12.1 Å². The van der Waals surface area contributed by atoms with Gasteiger partial charge in [-0.15, -0.1) is 0 Å². The SMILES string of the molecule is CO[Si](=O)C(c1ccc(C(=O)O)c(C(=O)O)c1)c1ccc(C(=O)O)c(C(=O)O)c1. The zero-order valence-electron chi connectivity index (χ0n) is 14.8. The van der Waals surface area contributed by atoms with Crippen LogP contribution in [-0.2, 0) is 8.89 Å². The van der Waals surface area contributed by atoms with Gasteiger partial charge in [-0.3, -0.25) is 0 Å². The molecule has 2 rings (SSSR count). The van der Waals surface area contributed by atoms with Crippen molar-refractivity contribution in [3.8, 4) is 0 Å². The summed E-state index contributed by atoms with van der Waals surface area (Å²) in [4.78, 5) is 45.3. The Kier molecular flexibility index (Phi) is 6.24. The van der Waals surface area contributed by atoms with Crippen molar-refractivity contribution in [2.24, 2.45) is 0 Å². The van der Waals surface area contributed by atoms with Crippen molar-refractivity contribution >= 4 is 32.8 Å². The largest absolute Gasteiger partial charge is 0.526 e. The normalized spacial score (nSPS) is 10.4. The highest BCUT2D eigenvalue weighted by Gasteiger charge is 2.30. The lowest BCUT2D eigenvalue weighted by Crippen LogP contribution is -2.21. The molecule has 0 saturated heterocycles. The number of carboxylic acid groups (broad SMARTS) is 4. The smallest absolute Gasteiger partial charge is 0.515 e. The molecule has 0 fully saturated rings. The molecule has 2 aromatic carbocycles. The predicted octanol–water partition coefficient (Wildman–Crippen LogP) is 1.72. The minimum atomic E-state index is -2.95. The molecule has 0 heterocycles. The Balaban J connectivity index is 2.73. The maximum absolute atomic E-state index is 12.5. The van der Waals surface area contributed by atoms with Crippen molar-refractivity contribution < 1.29 is 48.5 Å². The third-order valence-electron chi connectivity index (χ3n) is 4.11. The molecule has 0 spiro atoms. The summed E-state index contributed by atoms with van der Waals surface area (Å²) in [5.41, 5.74) is -2.98. The van der Waals surface area contributed by atoms with Crippen LogP contribution in [0.25, 0.3) is 0 Å². The second-order valence-electron chi connectivity index (χ2n) is 5.79. The predicted molar refractivity (Wildman–Crippen MR) is 96.0 cm³/mol. The number of carboxylic acids is 4. The van der Waals surface area contributed by atoms with Gasteiger partial charge >= 0.3 is 32.8 Å². The van der Waals surface area contributed by atoms with Crippen LogP contribution in [0.2, 0.25) is 0 Å². The maximum atomic E-state index is 12.5. The van der Waals surface area contributed by atoms with E-state index in [1.807, 2.05) is 0 Å². The van der Waals surface area contributed by atoms with Gasteiger partial charge < -0.3 is 29.3 Å². The molecule has 0 saturated carbocycles. The van der Waals surface area contributed by atoms with Gasteiger partial charge in [-0.25, -0.2) is 19.2 Å². The number of benzene rings is 2. The van der Waals surface area contributed by atoms with Gasteiger partial charge in [0.25, 0.3) is 0 Å². The van der Waals surface area contributed by atoms with Crippen LogP contribution in [0, 0.1) is 0 Å². The number of hydrogen-bond donors (Lipinski definition) is 4. The third kappa shape index (κ3) is 4.35. The topological polar surface area (TPSA) is 176 Å². The molecule has 0 aliphatic carbocycles. The molecule has 10 nitrogen and oxygen atoms in total. The summed E-state index contributed by atoms with van der Waals surface area (Å²) in [5, 5.41) is 36.9. The Morgan fingerprint density at radius 2 is 1.07 bits per heavy atom. The summed E-state index contributed by atoms with van der Waals surface area (Å²) in [6.07, 6.45) is 0. The van der Waals surface area contributed by atoms with E-state index in [0.29, 0.717) is 0 Å². The van der Waals surface area contributed by atoms with E-state index in [9.17, 15) is 33.9 Å². The van der Waals surface area contributed by atoms with Crippen molar-refractivity contribution in [3.05, 3.63) is 69.8 Å². The fourth-order valence-corrected chi connectivity index (χ4v) is 3.93. The first-order chi connectivity index (χ1) is 13.6. The van der Waals surface area contributed by atoms with E-state index >= 15 is 0 Å². The van der Waals surface area contributed by atoms with Crippen molar-refractivity contribution in [1.82, 2.24) is 0 Å². The molecule has 150 valence electrons. The van der Waals surface area contributed by atoms with Gasteiger partial charge in [0, 0.05) is 0 Å². The lowest BCUT2D eigenvalue weighted by Gasteiger charge is -2.17. The van der Waals surface area contributed by atoms with Crippen molar-refractivity contribution in [2.45, 2.75) is 5.54 Å². The molecule has 2 aromatic rings. The van der Waals surface area contributed by atoms with E-state index in [4.69, 9.17) is 14.6 Å². The number of carbonyl (C=O) groups is 4. The second-order valence-corrected chi connectivity index (χ2v) is 7.41. The minimum Gasteiger partial charge on any atom is -0.526 e. The Bertz CT molecular complexity index is 967. The van der Waals surface area contributed by atoms with Crippen molar-refractivity contribution in [1.29, 1.82) is 0 Å². The van der Waals surface area contributed by atoms with Gasteiger partial charge in [0.05, 0.1) is 34.9 Å². The van der Waals surface area contributed by atoms with Crippen LogP contribution in [0.5, 0.6) is 0 Å². The summed E-state index contributed by atoms with van der Waals surface area (Å²) >= 11 is 0. The molecule has 0 atom stereocenters. The van der Waals surface area contributed by atoms with Gasteiger partial charge in [-0.1, -0.05) is 12.1 Å². The van der Waals surface area contributed by atoms with E-state index in [1.54, 1.807) is 0 Å². The average molecular weight is 418 g/mol. The van der Waals surface area contributed by atoms with Crippen LogP contribution in [0.3, 0.4) is 0 Å². The molecular weight excluding hydrogens is 404 g/mol. The first kappa shape index (κ1) is 21.4. The highest BCUT2D eigenvalue weighted by Crippen LogP contribution is 2.29. The average Bonchev–Trinajstić information content (AvgIpc) is 2.67. The van der Waals surface area contributed by atoms with Gasteiger partial charge in [-0.2, -0.15) is 0 Å². The van der Waals surface area contributed by atoms with Crippen LogP contribution in [0.4, 0.5) is 0 Å². The number of aromatic carboxylic acids is 4. The maximum Gasteiger partial charge on any atom is 0.515 e. The van der Waals surface area contributed by atoms with E-state index in [0.717, 1.165) is 31.4 Å². The van der Waals surface area contributed by atoms with E-state index < -0.39 is 60.6 Å². The number of hydrogen-bond acceptors (Lipinski definition) is 6. The van der Waals surface area contributed by atoms with Gasteiger partial charge in [0.15, 0.2) is 0 Å². The fourth-order valence-electron chi connectivity index (χ4n) is 2.79. The zero-order chi connectivity index (χ0) is 21.9. The Labute approximate surface area is 164 Å². The monoisotopic (exact) mass is 418 g/mol. The summed E-state index contributed by atoms with van der Waals surface area (Å²) in [6.45, 7) is 0. The molecule has 0 radical (unpaired) electrons. The minimum absolute atomic E-state index is 0.109. The summed E-state index contributed by atoms with van der Waals surface area (Å²) in [7, 11) is -1.81. The summed E-state index contributed by atoms with van der Waals surface area (Å²) in [5.74, 6) is -5.98. The Morgan fingerprint density at radius 1 is 0.724 bits per heavy atom. The van der Waals surface area contributed by atoms with Gasteiger partial charge in [0.2, 0.25) is 0 Å². The van der Waals surface area contributed by atoms with Crippen molar-refractivity contribution in [3.63, 3.8) is 0 Å². The van der Waals surface area contributed by atoms with Gasteiger partial charge in [-0.05, 0) is 35.4 Å². The van der Waals surface area contributed by atoms with E-state index in [-0.39, 0.29) is 11.1 Å². The quantitative estimate of drug-likeness (QED) is 0.462. The van der Waals surface area contributed by atoms with Crippen LogP contribution < -0.4 is 0 Å². The molecule has 4 N–H and O–H groups in total. The highest BCUT2D eigenvalue weighted by molar-refractivity contribution is 6.38. The van der Waals surface area contributed by atoms with Crippen LogP contribution in [0.15, 0.2) is 36.4 Å². The third-order valence-corrected chi connectivity index (χ3v) is 5.65. The standard InChI is InChI=1S/C18H14O10Si/c1-28-29(27)14(8-2-4-10(15(19)20)12(6-8)17(23)24)9-3-5-11(16(21)22)13(7-9)18(25)26/h2-7,14H,1H3,(H,19,20)(H,21,22)(H,23,24)(H,25,26). The summed E-state index contributed by atoms with van der Waals surface area (Å²) in [6, 6.07) is 6.58. The first-order valence-corrected chi connectivity index (χ1v) is 9.26. The molecular formula is C18H14O10Si. The number of rotatable bonds is 8. The molecule has 0 aromatic heterocycles. The van der Waals surface area contributed by atoms with Gasteiger partial charge in [0.1, 0.15) is 0 Å². The molecule has 0 aliphatic rings. The van der Waals surface area contributed by atoms with Crippen LogP contribution >= 0.6 is 0 Å². The lowest BCUT2D eigenvalue weighted by molar-refractivity contribution is 0.0651. The van der Waals surface area contributed by atoms with Crippen LogP contribution in [0.1, 0.15) is 58.1 Å². The van der Waals surface area contributed by atoms with Crippen LogP contribution in [-0.4, -0.2) is 60.3 Å². The Morgan fingerprint density at radius 3 is 1.34 bits per heavy atom. The molecule has 0 unspecified atom stereocenters. The van der Waals surface area contributed by atoms with Crippen molar-refractivity contribution in [2.75, 3.05) is 7.11 Å². The second kappa shape index (κ2) is 8.44. The lowest BCUT2D eigenvalue weighted by atomic mass is 9.96.